The Morgan fingerprint density at radius 1 is 1.43 bits per heavy atom. The molecular weight excluding hydrogens is 286 g/mol. The highest BCUT2D eigenvalue weighted by Crippen LogP contribution is 2.60. The van der Waals surface area contributed by atoms with Gasteiger partial charge in [0.25, 0.3) is 0 Å². The topological polar surface area (TPSA) is 35.6 Å². The van der Waals surface area contributed by atoms with Crippen molar-refractivity contribution in [1.82, 2.24) is 15.1 Å². The van der Waals surface area contributed by atoms with E-state index in [0.29, 0.717) is 18.2 Å². The largest absolute Gasteiger partial charge is 0.333 e. The Morgan fingerprint density at radius 2 is 2.26 bits per heavy atom. The number of hydrogen-bond donors (Lipinski definition) is 1. The van der Waals surface area contributed by atoms with Crippen LogP contribution in [0, 0.1) is 5.92 Å². The smallest absolute Gasteiger partial charge is 0.220 e. The zero-order chi connectivity index (χ0) is 16.2. The van der Waals surface area contributed by atoms with Gasteiger partial charge in [-0.3, -0.25) is 14.6 Å². The van der Waals surface area contributed by atoms with Crippen molar-refractivity contribution in [1.29, 1.82) is 0 Å². The molecule has 5 aliphatic heterocycles. The normalized spacial score (nSPS) is 47.8. The van der Waals surface area contributed by atoms with E-state index < -0.39 is 0 Å². The molecule has 23 heavy (non-hydrogen) atoms. The summed E-state index contributed by atoms with van der Waals surface area (Å²) in [6.45, 7) is 10.8. The number of nitrogens with one attached hydrogen (secondary N) is 1. The van der Waals surface area contributed by atoms with Gasteiger partial charge < -0.3 is 5.32 Å². The number of nitrogens with zero attached hydrogens (tertiary/aromatic N) is 2. The van der Waals surface area contributed by atoms with Gasteiger partial charge in [-0.05, 0) is 43.6 Å². The van der Waals surface area contributed by atoms with Gasteiger partial charge in [0, 0.05) is 31.2 Å². The molecule has 5 aliphatic rings. The molecule has 1 N–H and O–H groups in total. The van der Waals surface area contributed by atoms with E-state index in [4.69, 9.17) is 0 Å². The lowest BCUT2D eigenvalue weighted by Gasteiger charge is -2.51. The summed E-state index contributed by atoms with van der Waals surface area (Å²) < 4.78 is 0. The minimum Gasteiger partial charge on any atom is -0.333 e. The van der Waals surface area contributed by atoms with E-state index in [0.717, 1.165) is 25.2 Å². The Kier molecular flexibility index (Phi) is 3.50. The average molecular weight is 313 g/mol. The summed E-state index contributed by atoms with van der Waals surface area (Å²) >= 11 is 0. The zero-order valence-electron chi connectivity index (χ0n) is 14.0. The second kappa shape index (κ2) is 5.32. The second-order valence-corrected chi connectivity index (χ2v) is 7.59. The van der Waals surface area contributed by atoms with Crippen molar-refractivity contribution < 1.29 is 4.79 Å². The van der Waals surface area contributed by atoms with Gasteiger partial charge in [-0.1, -0.05) is 12.2 Å². The molecule has 0 saturated carbocycles. The third-order valence-corrected chi connectivity index (χ3v) is 6.47. The Balaban J connectivity index is 1.75. The van der Waals surface area contributed by atoms with E-state index >= 15 is 0 Å². The second-order valence-electron chi connectivity index (χ2n) is 7.59. The zero-order valence-corrected chi connectivity index (χ0v) is 14.0. The first-order valence-electron chi connectivity index (χ1n) is 8.84. The molecule has 1 amide bonds. The van der Waals surface area contributed by atoms with Crippen LogP contribution in [0.5, 0.6) is 0 Å². The molecule has 5 heterocycles. The maximum Gasteiger partial charge on any atom is 0.220 e. The number of amides is 1. The van der Waals surface area contributed by atoms with Crippen LogP contribution in [0.1, 0.15) is 39.0 Å². The van der Waals surface area contributed by atoms with Crippen LogP contribution in [0.3, 0.4) is 0 Å². The van der Waals surface area contributed by atoms with Crippen molar-refractivity contribution in [2.45, 2.75) is 62.8 Å². The molecule has 4 nitrogen and oxygen atoms in total. The highest BCUT2D eigenvalue weighted by Gasteiger charge is 2.69. The third kappa shape index (κ3) is 1.94. The van der Waals surface area contributed by atoms with E-state index in [-0.39, 0.29) is 11.4 Å². The molecule has 0 radical (unpaired) electrons. The van der Waals surface area contributed by atoms with Crippen LogP contribution in [0.4, 0.5) is 0 Å². The number of hydrogen-bond acceptors (Lipinski definition) is 3. The molecule has 5 rings (SSSR count). The van der Waals surface area contributed by atoms with Gasteiger partial charge in [0.2, 0.25) is 5.91 Å². The summed E-state index contributed by atoms with van der Waals surface area (Å²) in [5, 5.41) is 2.93. The minimum absolute atomic E-state index is 0.0165. The fourth-order valence-electron chi connectivity index (χ4n) is 5.95. The summed E-state index contributed by atoms with van der Waals surface area (Å²) in [6, 6.07) is 1.04. The predicted octanol–water partition coefficient (Wildman–Crippen LogP) is 2.41. The fourth-order valence-corrected chi connectivity index (χ4v) is 5.95. The third-order valence-electron chi connectivity index (χ3n) is 6.47. The van der Waals surface area contributed by atoms with Crippen LogP contribution in [-0.4, -0.2) is 46.0 Å². The summed E-state index contributed by atoms with van der Waals surface area (Å²) in [7, 11) is 0. The van der Waals surface area contributed by atoms with Crippen molar-refractivity contribution in [2.24, 2.45) is 5.92 Å². The first-order chi connectivity index (χ1) is 11.1. The van der Waals surface area contributed by atoms with E-state index in [9.17, 15) is 4.79 Å². The van der Waals surface area contributed by atoms with E-state index in [1.807, 2.05) is 6.20 Å². The van der Waals surface area contributed by atoms with Crippen LogP contribution in [0.15, 0.2) is 37.1 Å². The molecule has 0 aromatic heterocycles. The van der Waals surface area contributed by atoms with Gasteiger partial charge in [0.1, 0.15) is 0 Å². The SMILES string of the molecule is C=CC[C@@H]1[C@H]2CN3[C@@H]4CC/C(=C\NC(C)=O)[C@@H](N14)[C@@]3(CC=C)C2. The lowest BCUT2D eigenvalue weighted by molar-refractivity contribution is -0.118. The van der Waals surface area contributed by atoms with E-state index in [1.54, 1.807) is 6.92 Å². The number of carbonyl (C=O) groups is 1. The maximum atomic E-state index is 11.4. The van der Waals surface area contributed by atoms with Gasteiger partial charge in [-0.2, -0.15) is 0 Å². The molecule has 2 unspecified atom stereocenters. The summed E-state index contributed by atoms with van der Waals surface area (Å²) in [5.41, 5.74) is 1.60. The highest BCUT2D eigenvalue weighted by atomic mass is 16.1. The van der Waals surface area contributed by atoms with Crippen LogP contribution in [-0.2, 0) is 4.79 Å². The molecule has 0 aromatic carbocycles. The van der Waals surface area contributed by atoms with Gasteiger partial charge in [0.05, 0.1) is 12.2 Å². The lowest BCUT2D eigenvalue weighted by atomic mass is 9.71. The Labute approximate surface area is 138 Å². The van der Waals surface area contributed by atoms with Gasteiger partial charge in [-0.15, -0.1) is 13.2 Å². The molecule has 0 aliphatic carbocycles. The van der Waals surface area contributed by atoms with Gasteiger partial charge in [0.15, 0.2) is 0 Å². The summed E-state index contributed by atoms with van der Waals surface area (Å²) in [5.74, 6) is 0.767. The lowest BCUT2D eigenvalue weighted by Crippen LogP contribution is -2.60. The number of rotatable bonds is 5. The van der Waals surface area contributed by atoms with Crippen molar-refractivity contribution in [3.05, 3.63) is 37.1 Å². The Hall–Kier alpha value is -1.39. The Bertz CT molecular complexity index is 583. The fraction of sp³-hybridized carbons (Fsp3) is 0.632. The number of piperidine rings is 2. The van der Waals surface area contributed by atoms with Crippen molar-refractivity contribution in [3.63, 3.8) is 0 Å². The van der Waals surface area contributed by atoms with Crippen molar-refractivity contribution >= 4 is 5.91 Å². The summed E-state index contributed by atoms with van der Waals surface area (Å²) in [6.07, 6.45) is 12.4. The number of carbonyl (C=O) groups excluding carboxylic acids is 1. The van der Waals surface area contributed by atoms with Crippen LogP contribution in [0.2, 0.25) is 0 Å². The first kappa shape index (κ1) is 15.2. The molecule has 6 bridgehead atoms. The molecule has 7 atom stereocenters. The minimum atomic E-state index is 0.0165. The van der Waals surface area contributed by atoms with Crippen LogP contribution in [0.25, 0.3) is 0 Å². The molecule has 5 saturated heterocycles. The molecule has 0 aromatic rings. The predicted molar refractivity (Wildman–Crippen MR) is 91.5 cm³/mol. The Morgan fingerprint density at radius 3 is 2.96 bits per heavy atom. The monoisotopic (exact) mass is 313 g/mol. The van der Waals surface area contributed by atoms with Crippen LogP contribution < -0.4 is 5.32 Å². The molecule has 0 spiro atoms. The first-order valence-corrected chi connectivity index (χ1v) is 8.84. The van der Waals surface area contributed by atoms with E-state index in [2.05, 4.69) is 40.4 Å². The molecule has 124 valence electrons. The van der Waals surface area contributed by atoms with Crippen LogP contribution >= 0.6 is 0 Å². The molecule has 4 heteroatoms. The molecular formula is C19H27N3O. The highest BCUT2D eigenvalue weighted by molar-refractivity contribution is 5.74. The molecule has 5 fully saturated rings. The van der Waals surface area contributed by atoms with E-state index in [1.165, 1.54) is 25.0 Å². The average Bonchev–Trinajstić information content (AvgIpc) is 2.88. The van der Waals surface area contributed by atoms with Crippen molar-refractivity contribution in [3.8, 4) is 0 Å². The van der Waals surface area contributed by atoms with Crippen molar-refractivity contribution in [2.75, 3.05) is 6.54 Å². The van der Waals surface area contributed by atoms with Gasteiger partial charge >= 0.3 is 0 Å². The standard InChI is InChI=1S/C19H27N3O/c1-4-6-16-15-10-19(9-5-2)18-14(11-20-13(3)23)7-8-17(22(16)18)21(19)12-15/h4-5,11,15-18H,1-2,6-10,12H2,3H3,(H,20,23)/b14-11+/t15-,16-,17+,18-,19-/m1/s1. The quantitative estimate of drug-likeness (QED) is 0.792. The summed E-state index contributed by atoms with van der Waals surface area (Å²) in [4.78, 5) is 16.9. The van der Waals surface area contributed by atoms with Gasteiger partial charge in [-0.25, -0.2) is 0 Å². The maximum absolute atomic E-state index is 11.4.